The minimum atomic E-state index is -0.630. The van der Waals surface area contributed by atoms with E-state index < -0.39 is 17.7 Å². The smallest absolute Gasteiger partial charge is 0.408 e. The number of benzene rings is 1. The normalized spacial score (nSPS) is 15.9. The SMILES string of the molecule is Cn1cncc1-c1ccc(NC(=O)[C@H](CC2CCCCC2)NC(=O)OC(C)(C)C)cc1. The van der Waals surface area contributed by atoms with Gasteiger partial charge in [-0.2, -0.15) is 0 Å². The van der Waals surface area contributed by atoms with Crippen molar-refractivity contribution in [3.8, 4) is 11.3 Å². The lowest BCUT2D eigenvalue weighted by atomic mass is 9.84. The largest absolute Gasteiger partial charge is 0.444 e. The van der Waals surface area contributed by atoms with Crippen LogP contribution in [0.4, 0.5) is 10.5 Å². The van der Waals surface area contributed by atoms with Crippen molar-refractivity contribution in [1.82, 2.24) is 14.9 Å². The summed E-state index contributed by atoms with van der Waals surface area (Å²) in [5.74, 6) is 0.219. The molecule has 0 aliphatic heterocycles. The molecule has 1 aliphatic carbocycles. The van der Waals surface area contributed by atoms with Crippen LogP contribution in [0.1, 0.15) is 59.3 Å². The van der Waals surface area contributed by atoms with Gasteiger partial charge >= 0.3 is 6.09 Å². The van der Waals surface area contributed by atoms with Crippen molar-refractivity contribution in [2.75, 3.05) is 5.32 Å². The predicted molar refractivity (Wildman–Crippen MR) is 122 cm³/mol. The van der Waals surface area contributed by atoms with Crippen LogP contribution in [-0.2, 0) is 16.6 Å². The highest BCUT2D eigenvalue weighted by Crippen LogP contribution is 2.28. The van der Waals surface area contributed by atoms with Crippen molar-refractivity contribution in [3.63, 3.8) is 0 Å². The number of nitrogens with one attached hydrogen (secondary N) is 2. The molecule has 1 aliphatic rings. The molecule has 1 fully saturated rings. The first-order valence-corrected chi connectivity index (χ1v) is 11.1. The number of rotatable bonds is 6. The molecule has 0 saturated heterocycles. The van der Waals surface area contributed by atoms with Crippen LogP contribution >= 0.6 is 0 Å². The quantitative estimate of drug-likeness (QED) is 0.689. The van der Waals surface area contributed by atoms with Gasteiger partial charge in [-0.1, -0.05) is 44.2 Å². The van der Waals surface area contributed by atoms with E-state index in [0.29, 0.717) is 18.0 Å². The monoisotopic (exact) mass is 426 g/mol. The van der Waals surface area contributed by atoms with Crippen molar-refractivity contribution in [1.29, 1.82) is 0 Å². The van der Waals surface area contributed by atoms with Gasteiger partial charge in [-0.05, 0) is 50.8 Å². The molecular formula is C24H34N4O3. The Kier molecular flexibility index (Phi) is 7.36. The number of hydrogen-bond acceptors (Lipinski definition) is 4. The van der Waals surface area contributed by atoms with Crippen LogP contribution in [0.5, 0.6) is 0 Å². The third-order valence-corrected chi connectivity index (χ3v) is 5.57. The summed E-state index contributed by atoms with van der Waals surface area (Å²) in [6.45, 7) is 5.44. The molecule has 0 unspecified atom stereocenters. The van der Waals surface area contributed by atoms with Crippen LogP contribution in [0, 0.1) is 5.92 Å². The number of ether oxygens (including phenoxy) is 1. The van der Waals surface area contributed by atoms with Gasteiger partial charge in [0.05, 0.1) is 18.2 Å². The van der Waals surface area contributed by atoms with Crippen molar-refractivity contribution in [3.05, 3.63) is 36.8 Å². The Morgan fingerprint density at radius 3 is 2.42 bits per heavy atom. The molecule has 0 bridgehead atoms. The Bertz CT molecular complexity index is 877. The first kappa shape index (κ1) is 22.8. The zero-order chi connectivity index (χ0) is 22.4. The van der Waals surface area contributed by atoms with Crippen molar-refractivity contribution < 1.29 is 14.3 Å². The molecule has 1 atom stereocenters. The zero-order valence-corrected chi connectivity index (χ0v) is 19.0. The van der Waals surface area contributed by atoms with E-state index in [1.165, 1.54) is 19.3 Å². The van der Waals surface area contributed by atoms with Gasteiger partial charge < -0.3 is 19.9 Å². The molecule has 168 valence electrons. The van der Waals surface area contributed by atoms with Crippen LogP contribution in [0.25, 0.3) is 11.3 Å². The molecule has 31 heavy (non-hydrogen) atoms. The molecule has 1 aromatic carbocycles. The van der Waals surface area contributed by atoms with Gasteiger partial charge in [0, 0.05) is 12.7 Å². The maximum atomic E-state index is 13.1. The number of aryl methyl sites for hydroxylation is 1. The van der Waals surface area contributed by atoms with E-state index in [1.807, 2.05) is 56.7 Å². The topological polar surface area (TPSA) is 85.3 Å². The van der Waals surface area contributed by atoms with Crippen molar-refractivity contribution >= 4 is 17.7 Å². The minimum Gasteiger partial charge on any atom is -0.444 e. The summed E-state index contributed by atoms with van der Waals surface area (Å²) in [5.41, 5.74) is 2.09. The lowest BCUT2D eigenvalue weighted by Gasteiger charge is -2.28. The first-order valence-electron chi connectivity index (χ1n) is 11.1. The third kappa shape index (κ3) is 6.84. The van der Waals surface area contributed by atoms with E-state index in [4.69, 9.17) is 4.74 Å². The predicted octanol–water partition coefficient (Wildman–Crippen LogP) is 4.89. The average molecular weight is 427 g/mol. The van der Waals surface area contributed by atoms with Gasteiger partial charge in [-0.25, -0.2) is 9.78 Å². The number of hydrogen-bond donors (Lipinski definition) is 2. The lowest BCUT2D eigenvalue weighted by molar-refractivity contribution is -0.118. The van der Waals surface area contributed by atoms with Crippen LogP contribution in [0.15, 0.2) is 36.8 Å². The number of carbonyl (C=O) groups excluding carboxylic acids is 2. The maximum absolute atomic E-state index is 13.1. The summed E-state index contributed by atoms with van der Waals surface area (Å²) in [7, 11) is 1.94. The Morgan fingerprint density at radius 2 is 1.84 bits per heavy atom. The molecule has 2 N–H and O–H groups in total. The lowest BCUT2D eigenvalue weighted by Crippen LogP contribution is -2.46. The van der Waals surface area contributed by atoms with Crippen LogP contribution in [0.3, 0.4) is 0 Å². The molecular weight excluding hydrogens is 392 g/mol. The molecule has 3 rings (SSSR count). The van der Waals surface area contributed by atoms with E-state index >= 15 is 0 Å². The number of carbonyl (C=O) groups is 2. The number of aromatic nitrogens is 2. The third-order valence-electron chi connectivity index (χ3n) is 5.57. The van der Waals surface area contributed by atoms with E-state index in [1.54, 1.807) is 12.5 Å². The maximum Gasteiger partial charge on any atom is 0.408 e. The molecule has 7 nitrogen and oxygen atoms in total. The first-order chi connectivity index (χ1) is 14.7. The molecule has 7 heteroatoms. The van der Waals surface area contributed by atoms with Crippen LogP contribution in [0.2, 0.25) is 0 Å². The second-order valence-electron chi connectivity index (χ2n) is 9.39. The van der Waals surface area contributed by atoms with Gasteiger partial charge in [0.15, 0.2) is 0 Å². The highest BCUT2D eigenvalue weighted by Gasteiger charge is 2.28. The summed E-state index contributed by atoms with van der Waals surface area (Å²) >= 11 is 0. The van der Waals surface area contributed by atoms with Crippen molar-refractivity contribution in [2.45, 2.75) is 70.9 Å². The van der Waals surface area contributed by atoms with E-state index in [2.05, 4.69) is 15.6 Å². The van der Waals surface area contributed by atoms with Crippen molar-refractivity contribution in [2.24, 2.45) is 13.0 Å². The van der Waals surface area contributed by atoms with Gasteiger partial charge in [0.1, 0.15) is 11.6 Å². The highest BCUT2D eigenvalue weighted by atomic mass is 16.6. The molecule has 2 aromatic rings. The summed E-state index contributed by atoms with van der Waals surface area (Å²) < 4.78 is 7.33. The second-order valence-corrected chi connectivity index (χ2v) is 9.39. The molecule has 1 saturated carbocycles. The fourth-order valence-electron chi connectivity index (χ4n) is 4.03. The Balaban J connectivity index is 1.67. The van der Waals surface area contributed by atoms with Gasteiger partial charge in [-0.15, -0.1) is 0 Å². The van der Waals surface area contributed by atoms with E-state index in [0.717, 1.165) is 24.1 Å². The standard InChI is InChI=1S/C24H34N4O3/c1-24(2,3)31-23(30)27-20(14-17-8-6-5-7-9-17)22(29)26-19-12-10-18(11-13-19)21-15-25-16-28(21)4/h10-13,15-17,20H,5-9,14H2,1-4H3,(H,26,29)(H,27,30)/t20-/m0/s1. The fraction of sp³-hybridized carbons (Fsp3) is 0.542. The minimum absolute atomic E-state index is 0.218. The van der Waals surface area contributed by atoms with Crippen LogP contribution < -0.4 is 10.6 Å². The Morgan fingerprint density at radius 1 is 1.16 bits per heavy atom. The molecule has 0 radical (unpaired) electrons. The molecule has 1 aromatic heterocycles. The fourth-order valence-corrected chi connectivity index (χ4v) is 4.03. The zero-order valence-electron chi connectivity index (χ0n) is 19.0. The van der Waals surface area contributed by atoms with E-state index in [9.17, 15) is 9.59 Å². The Hall–Kier alpha value is -2.83. The second kappa shape index (κ2) is 9.98. The van der Waals surface area contributed by atoms with E-state index in [-0.39, 0.29) is 5.91 Å². The molecule has 2 amide bonds. The number of amides is 2. The summed E-state index contributed by atoms with van der Waals surface area (Å²) in [6, 6.07) is 7.00. The number of alkyl carbamates (subject to hydrolysis) is 1. The van der Waals surface area contributed by atoms with Gasteiger partial charge in [0.2, 0.25) is 5.91 Å². The highest BCUT2D eigenvalue weighted by molar-refractivity contribution is 5.96. The average Bonchev–Trinajstić information content (AvgIpc) is 3.13. The summed E-state index contributed by atoms with van der Waals surface area (Å²) in [4.78, 5) is 29.6. The molecule has 0 spiro atoms. The summed E-state index contributed by atoms with van der Waals surface area (Å²) in [6.07, 6.45) is 9.42. The van der Waals surface area contributed by atoms with Gasteiger partial charge in [-0.3, -0.25) is 4.79 Å². The number of anilines is 1. The van der Waals surface area contributed by atoms with Crippen LogP contribution in [-0.4, -0.2) is 33.2 Å². The Labute approximate surface area is 184 Å². The summed E-state index contributed by atoms with van der Waals surface area (Å²) in [5, 5.41) is 5.75. The van der Waals surface area contributed by atoms with Gasteiger partial charge in [0.25, 0.3) is 0 Å². The number of nitrogens with zero attached hydrogens (tertiary/aromatic N) is 2. The number of imidazole rings is 1. The molecule has 1 heterocycles.